The van der Waals surface area contributed by atoms with Gasteiger partial charge in [0.05, 0.1) is 13.4 Å². The van der Waals surface area contributed by atoms with Crippen LogP contribution in [0.1, 0.15) is 0 Å². The van der Waals surface area contributed by atoms with E-state index >= 15 is 0 Å². The number of rotatable bonds is 0. The predicted molar refractivity (Wildman–Crippen MR) is 69.9 cm³/mol. The van der Waals surface area contributed by atoms with E-state index in [9.17, 15) is 8.78 Å². The van der Waals surface area contributed by atoms with Crippen LogP contribution >= 0.6 is 61.7 Å². The van der Waals surface area contributed by atoms with Crippen LogP contribution < -0.4 is 0 Å². The van der Waals surface area contributed by atoms with Crippen molar-refractivity contribution >= 4 is 72.6 Å². The summed E-state index contributed by atoms with van der Waals surface area (Å²) in [6.45, 7) is 0. The molecule has 84 valence electrons. The summed E-state index contributed by atoms with van der Waals surface area (Å²) in [6.07, 6.45) is 0. The first kappa shape index (κ1) is 12.7. The fraction of sp³-hybridized carbons (Fsp3) is 0. The molecule has 1 aromatic heterocycles. The Balaban J connectivity index is 3.08. The molecule has 16 heavy (non-hydrogen) atoms. The van der Waals surface area contributed by atoms with Crippen molar-refractivity contribution in [1.82, 2.24) is 9.97 Å². The number of hydrogen-bond donors (Lipinski definition) is 0. The minimum Gasteiger partial charge on any atom is -0.215 e. The summed E-state index contributed by atoms with van der Waals surface area (Å²) in [5.74, 6) is -1.39. The average molecular weight is 440 g/mol. The molecule has 1 heterocycles. The molecule has 0 aliphatic rings. The highest BCUT2D eigenvalue weighted by Gasteiger charge is 2.21. The van der Waals surface area contributed by atoms with Gasteiger partial charge in [-0.2, -0.15) is 0 Å². The Morgan fingerprint density at radius 1 is 1.12 bits per heavy atom. The molecule has 0 N–H and O–H groups in total. The monoisotopic (exact) mass is 438 g/mol. The third-order valence-corrected chi connectivity index (χ3v) is 4.78. The molecule has 0 bridgehead atoms. The summed E-state index contributed by atoms with van der Waals surface area (Å²) >= 11 is 15.8. The quantitative estimate of drug-likeness (QED) is 0.197. The van der Waals surface area contributed by atoms with Gasteiger partial charge in [0.1, 0.15) is 16.5 Å². The van der Waals surface area contributed by atoms with Gasteiger partial charge in [-0.05, 0) is 50.1 Å². The number of aromatic nitrogens is 2. The van der Waals surface area contributed by atoms with Gasteiger partial charge in [-0.25, -0.2) is 18.7 Å². The molecule has 2 nitrogen and oxygen atoms in total. The topological polar surface area (TPSA) is 25.8 Å². The molecule has 2 aromatic rings. The predicted octanol–water partition coefficient (Wildman–Crippen LogP) is 4.58. The molecule has 0 aliphatic heterocycles. The van der Waals surface area contributed by atoms with E-state index in [1.54, 1.807) is 22.6 Å². The normalized spacial score (nSPS) is 11.1. The molecular weight excluding hydrogens is 440 g/mol. The van der Waals surface area contributed by atoms with Crippen molar-refractivity contribution < 1.29 is 8.78 Å². The van der Waals surface area contributed by atoms with Crippen LogP contribution in [0.3, 0.4) is 0 Å². The lowest BCUT2D eigenvalue weighted by molar-refractivity contribution is 0.602. The van der Waals surface area contributed by atoms with Crippen molar-refractivity contribution in [2.45, 2.75) is 0 Å². The van der Waals surface area contributed by atoms with Gasteiger partial charge in [0, 0.05) is 0 Å². The number of nitrogens with zero attached hydrogens (tertiary/aromatic N) is 2. The molecule has 0 saturated heterocycles. The molecule has 0 atom stereocenters. The van der Waals surface area contributed by atoms with Crippen LogP contribution in [-0.2, 0) is 0 Å². The van der Waals surface area contributed by atoms with Crippen molar-refractivity contribution in [3.63, 3.8) is 0 Å². The third-order valence-electron chi connectivity index (χ3n) is 1.84. The Morgan fingerprint density at radius 2 is 1.75 bits per heavy atom. The minimum atomic E-state index is -0.716. The first-order valence-corrected chi connectivity index (χ1v) is 6.41. The summed E-state index contributed by atoms with van der Waals surface area (Å²) in [5, 5.41) is -0.614. The maximum absolute atomic E-state index is 13.8. The van der Waals surface area contributed by atoms with E-state index in [-0.39, 0.29) is 29.4 Å². The molecule has 0 unspecified atom stereocenters. The van der Waals surface area contributed by atoms with Gasteiger partial charge in [-0.1, -0.05) is 11.6 Å². The smallest absolute Gasteiger partial charge is 0.215 e. The second kappa shape index (κ2) is 4.47. The number of benzene rings is 1. The van der Waals surface area contributed by atoms with Crippen molar-refractivity contribution in [1.29, 1.82) is 0 Å². The van der Waals surface area contributed by atoms with E-state index in [1.165, 1.54) is 0 Å². The Bertz CT molecular complexity index is 609. The highest BCUT2D eigenvalue weighted by atomic mass is 127. The number of fused-ring (bicyclic) bond motifs is 1. The number of hydrogen-bond acceptors (Lipinski definition) is 2. The van der Waals surface area contributed by atoms with Gasteiger partial charge in [0.25, 0.3) is 0 Å². The van der Waals surface area contributed by atoms with Gasteiger partial charge in [0.15, 0.2) is 5.82 Å². The molecule has 1 aromatic carbocycles. The first-order valence-electron chi connectivity index (χ1n) is 3.78. The van der Waals surface area contributed by atoms with Crippen molar-refractivity contribution in [2.24, 2.45) is 0 Å². The lowest BCUT2D eigenvalue weighted by Gasteiger charge is -2.07. The molecule has 0 aliphatic carbocycles. The Kier molecular flexibility index (Phi) is 3.54. The maximum atomic E-state index is 13.8. The average Bonchev–Trinajstić information content (AvgIpc) is 2.22. The van der Waals surface area contributed by atoms with Crippen molar-refractivity contribution in [2.75, 3.05) is 0 Å². The fourth-order valence-electron chi connectivity index (χ4n) is 1.17. The summed E-state index contributed by atoms with van der Waals surface area (Å²) in [7, 11) is 0. The van der Waals surface area contributed by atoms with E-state index in [0.29, 0.717) is 0 Å². The lowest BCUT2D eigenvalue weighted by Crippen LogP contribution is -1.98. The summed E-state index contributed by atoms with van der Waals surface area (Å²) in [5.41, 5.74) is -0.241. The minimum absolute atomic E-state index is 0.0102. The highest BCUT2D eigenvalue weighted by Crippen LogP contribution is 2.35. The molecule has 2 rings (SSSR count). The van der Waals surface area contributed by atoms with Crippen molar-refractivity contribution in [3.05, 3.63) is 30.1 Å². The number of halogens is 6. The standard InChI is InChI=1S/C8BrCl2F2IN2/c9-2-4(13)6-1(3(12)5(2)14)7(10)16-8(11)15-6. The first-order chi connectivity index (χ1) is 7.43. The summed E-state index contributed by atoms with van der Waals surface area (Å²) < 4.78 is 27.7. The van der Waals surface area contributed by atoms with E-state index < -0.39 is 11.6 Å². The van der Waals surface area contributed by atoms with Gasteiger partial charge >= 0.3 is 0 Å². The van der Waals surface area contributed by atoms with Crippen LogP contribution in [0.25, 0.3) is 10.9 Å². The highest BCUT2D eigenvalue weighted by molar-refractivity contribution is 14.1. The van der Waals surface area contributed by atoms with E-state index in [4.69, 9.17) is 23.2 Å². The summed E-state index contributed by atoms with van der Waals surface area (Å²) in [6, 6.07) is 0. The van der Waals surface area contributed by atoms with Crippen LogP contribution in [0.5, 0.6) is 0 Å². The maximum Gasteiger partial charge on any atom is 0.224 e. The van der Waals surface area contributed by atoms with E-state index in [2.05, 4.69) is 25.9 Å². The van der Waals surface area contributed by atoms with Crippen LogP contribution in [-0.4, -0.2) is 9.97 Å². The van der Waals surface area contributed by atoms with Gasteiger partial charge in [-0.3, -0.25) is 0 Å². The SMILES string of the molecule is Fc1c(Br)c(I)c(F)c2c(Cl)nc(Cl)nc12. The van der Waals surface area contributed by atoms with Crippen LogP contribution in [0.4, 0.5) is 8.78 Å². The van der Waals surface area contributed by atoms with Crippen LogP contribution in [0.15, 0.2) is 4.47 Å². The second-order valence-electron chi connectivity index (χ2n) is 2.76. The van der Waals surface area contributed by atoms with E-state index in [1.807, 2.05) is 0 Å². The Hall–Kier alpha value is 0.210. The molecule has 0 amide bonds. The van der Waals surface area contributed by atoms with Gasteiger partial charge in [-0.15, -0.1) is 0 Å². The lowest BCUT2D eigenvalue weighted by atomic mass is 10.2. The molecular formula is C8BrCl2F2IN2. The third kappa shape index (κ3) is 1.89. The zero-order valence-electron chi connectivity index (χ0n) is 7.16. The zero-order chi connectivity index (χ0) is 12.0. The van der Waals surface area contributed by atoms with Gasteiger partial charge in [0.2, 0.25) is 5.28 Å². The second-order valence-corrected chi connectivity index (χ2v) is 5.33. The molecule has 0 fully saturated rings. The van der Waals surface area contributed by atoms with E-state index in [0.717, 1.165) is 0 Å². The largest absolute Gasteiger partial charge is 0.224 e. The molecule has 0 saturated carbocycles. The Morgan fingerprint density at radius 3 is 2.38 bits per heavy atom. The van der Waals surface area contributed by atoms with Gasteiger partial charge < -0.3 is 0 Å². The van der Waals surface area contributed by atoms with Crippen LogP contribution in [0, 0.1) is 15.2 Å². The van der Waals surface area contributed by atoms with Crippen LogP contribution in [0.2, 0.25) is 10.4 Å². The zero-order valence-corrected chi connectivity index (χ0v) is 12.4. The molecule has 0 radical (unpaired) electrons. The fourth-order valence-corrected chi connectivity index (χ4v) is 2.50. The summed E-state index contributed by atoms with van der Waals surface area (Å²) in [4.78, 5) is 7.19. The molecule has 8 heteroatoms. The van der Waals surface area contributed by atoms with Crippen molar-refractivity contribution in [3.8, 4) is 0 Å². The Labute approximate surface area is 121 Å². The molecule has 0 spiro atoms.